The molecule has 0 aromatic carbocycles. The molecule has 4 amide bonds. The zero-order valence-electron chi connectivity index (χ0n) is 57.6. The normalized spacial score (nSPS) is 43.4. The lowest BCUT2D eigenvalue weighted by Crippen LogP contribution is -2.72. The second-order valence-corrected chi connectivity index (χ2v) is 26.8. The summed E-state index contributed by atoms with van der Waals surface area (Å²) in [6.45, 7) is -5.60. The standard InChI is InChI=1S/C59H96N4O45/c1-15(71)60-29-19(75)5-57(54(90)91,105-45(29)33(79)22(78)8-64)103-25(11-67)36(82)46-30(61-16(2)72)20(76)6-58(106-46,55(92)93)104-26(12-68)37(83)47-31(62-17(3)73)21(77)7-59(107-47,56(94)95)108-49-35(81)24(10-66)98-53(42(49)88)100-43-28(14-70)99-51(32(38(43)84)63-18(4)74)102-48-34(80)23(9-65)97-52(41(48)87)101-44-27(13-69)96-50(89)40(86)39(44)85/h19-53,64-70,75-89H,5-14H2,1-4H3,(H,60,71)(H,61,72)(H,62,73)(H,63,74)(H,90,91)(H,92,93)(H,94,95)/t19-,20-,21-,22+,23+,24+,25+,26+,27+,28+,29+,30+,31+,32+,33+,34-,35-,36+,37+,38+,39+,40+,41+,42+,43+,44+,45+,46+,47+,48-,49-,50+,51-,52-,53-,57+,58+,59-/m0/s1. The van der Waals surface area contributed by atoms with E-state index in [9.17, 15) is 161 Å². The first kappa shape index (κ1) is 90.1. The molecule has 0 spiro atoms. The first-order valence-corrected chi connectivity index (χ1v) is 33.5. The van der Waals surface area contributed by atoms with Crippen LogP contribution in [-0.4, -0.2) is 447 Å². The van der Waals surface area contributed by atoms with E-state index >= 15 is 0 Å². The predicted molar refractivity (Wildman–Crippen MR) is 330 cm³/mol. The van der Waals surface area contributed by atoms with Gasteiger partial charge in [-0.15, -0.1) is 0 Å². The zero-order valence-corrected chi connectivity index (χ0v) is 57.6. The zero-order chi connectivity index (χ0) is 80.8. The maximum atomic E-state index is 13.8. The minimum absolute atomic E-state index is 0.818. The van der Waals surface area contributed by atoms with Crippen LogP contribution in [-0.2, 0) is 95.1 Å². The summed E-state index contributed by atoms with van der Waals surface area (Å²) in [5.74, 6) is -21.6. The lowest BCUT2D eigenvalue weighted by atomic mass is 9.86. The van der Waals surface area contributed by atoms with Crippen LogP contribution in [0.1, 0.15) is 47.0 Å². The highest BCUT2D eigenvalue weighted by Gasteiger charge is 2.65. The first-order valence-electron chi connectivity index (χ1n) is 33.5. The third-order valence-electron chi connectivity index (χ3n) is 19.1. The second-order valence-electron chi connectivity index (χ2n) is 26.8. The molecule has 7 aliphatic heterocycles. The van der Waals surface area contributed by atoms with Crippen molar-refractivity contribution in [2.24, 2.45) is 0 Å². The Morgan fingerprint density at radius 2 is 0.713 bits per heavy atom. The number of aliphatic hydroxyl groups excluding tert-OH is 22. The number of carboxylic acids is 3. The van der Waals surface area contributed by atoms with Crippen molar-refractivity contribution in [3.05, 3.63) is 0 Å². The van der Waals surface area contributed by atoms with Crippen LogP contribution >= 0.6 is 0 Å². The molecule has 0 aromatic rings. The van der Waals surface area contributed by atoms with E-state index in [4.69, 9.17) is 61.6 Å². The van der Waals surface area contributed by atoms with Crippen molar-refractivity contribution in [2.75, 3.05) is 46.2 Å². The molecular weight excluding hydrogens is 1480 g/mol. The van der Waals surface area contributed by atoms with E-state index < -0.39 is 339 Å². The van der Waals surface area contributed by atoms with E-state index in [-0.39, 0.29) is 0 Å². The van der Waals surface area contributed by atoms with Gasteiger partial charge in [0.2, 0.25) is 23.6 Å². The van der Waals surface area contributed by atoms with Crippen molar-refractivity contribution in [1.82, 2.24) is 21.3 Å². The smallest absolute Gasteiger partial charge is 0.364 e. The summed E-state index contributed by atoms with van der Waals surface area (Å²) in [5, 5.41) is 284. The number of ether oxygens (including phenoxy) is 13. The van der Waals surface area contributed by atoms with Crippen LogP contribution in [0.3, 0.4) is 0 Å². The van der Waals surface area contributed by atoms with Crippen LogP contribution < -0.4 is 21.3 Å². The van der Waals surface area contributed by atoms with Gasteiger partial charge < -0.3 is 211 Å². The van der Waals surface area contributed by atoms with E-state index in [1.807, 2.05) is 0 Å². The lowest BCUT2D eigenvalue weighted by molar-refractivity contribution is -0.391. The summed E-state index contributed by atoms with van der Waals surface area (Å²) < 4.78 is 73.9. The van der Waals surface area contributed by atoms with Crippen LogP contribution in [0.15, 0.2) is 0 Å². The van der Waals surface area contributed by atoms with Gasteiger partial charge in [0, 0.05) is 47.0 Å². The van der Waals surface area contributed by atoms with Crippen LogP contribution in [0, 0.1) is 0 Å². The lowest BCUT2D eigenvalue weighted by Gasteiger charge is -2.52. The topological polar surface area (TPSA) is 793 Å². The highest BCUT2D eigenvalue weighted by atomic mass is 16.8. The molecule has 7 saturated heterocycles. The highest BCUT2D eigenvalue weighted by Crippen LogP contribution is 2.43. The fourth-order valence-corrected chi connectivity index (χ4v) is 13.7. The molecule has 0 unspecified atom stereocenters. The van der Waals surface area contributed by atoms with Crippen molar-refractivity contribution in [3.63, 3.8) is 0 Å². The van der Waals surface area contributed by atoms with Gasteiger partial charge in [0.1, 0.15) is 153 Å². The number of carbonyl (C=O) groups is 7. The van der Waals surface area contributed by atoms with Gasteiger partial charge in [-0.3, -0.25) is 19.2 Å². The van der Waals surface area contributed by atoms with Crippen LogP contribution in [0.5, 0.6) is 0 Å². The molecule has 108 heavy (non-hydrogen) atoms. The fourth-order valence-electron chi connectivity index (χ4n) is 13.7. The van der Waals surface area contributed by atoms with Gasteiger partial charge >= 0.3 is 17.9 Å². The Bertz CT molecular complexity index is 3010. The molecule has 7 aliphatic rings. The molecule has 0 aromatic heterocycles. The average molecular weight is 1580 g/mol. The van der Waals surface area contributed by atoms with Gasteiger partial charge in [0.15, 0.2) is 25.2 Å². The van der Waals surface area contributed by atoms with Crippen molar-refractivity contribution < 1.29 is 223 Å². The van der Waals surface area contributed by atoms with Crippen molar-refractivity contribution in [2.45, 2.75) is 278 Å². The van der Waals surface area contributed by atoms with Crippen molar-refractivity contribution in [3.8, 4) is 0 Å². The monoisotopic (exact) mass is 1580 g/mol. The molecule has 0 aliphatic carbocycles. The molecule has 0 radical (unpaired) electrons. The summed E-state index contributed by atoms with van der Waals surface area (Å²) >= 11 is 0. The van der Waals surface area contributed by atoms with E-state index in [1.165, 1.54) is 0 Å². The van der Waals surface area contributed by atoms with Crippen molar-refractivity contribution >= 4 is 41.5 Å². The molecular formula is C59H96N4O45. The van der Waals surface area contributed by atoms with Gasteiger partial charge in [-0.25, -0.2) is 14.4 Å². The molecule has 49 heteroatoms. The number of rotatable bonds is 32. The molecule has 38 atom stereocenters. The largest absolute Gasteiger partial charge is 0.477 e. The van der Waals surface area contributed by atoms with Gasteiger partial charge in [-0.05, 0) is 0 Å². The number of hydrogen-bond acceptors (Lipinski definition) is 42. The molecule has 7 heterocycles. The maximum absolute atomic E-state index is 13.8. The molecule has 622 valence electrons. The Labute approximate surface area is 609 Å². The van der Waals surface area contributed by atoms with E-state index in [1.54, 1.807) is 0 Å². The minimum atomic E-state index is -3.62. The fraction of sp³-hybridized carbons (Fsp3) is 0.881. The van der Waals surface area contributed by atoms with Crippen LogP contribution in [0.2, 0.25) is 0 Å². The average Bonchev–Trinajstić information content (AvgIpc) is 0.752. The van der Waals surface area contributed by atoms with E-state index in [0.717, 1.165) is 27.7 Å². The third-order valence-corrected chi connectivity index (χ3v) is 19.1. The van der Waals surface area contributed by atoms with E-state index in [0.29, 0.717) is 0 Å². The van der Waals surface area contributed by atoms with Crippen LogP contribution in [0.4, 0.5) is 0 Å². The molecule has 7 rings (SSSR count). The quantitative estimate of drug-likeness (QED) is 0.0297. The number of carboxylic acid groups (broad SMARTS) is 3. The number of nitrogens with one attached hydrogen (secondary N) is 4. The molecule has 0 bridgehead atoms. The summed E-state index contributed by atoms with van der Waals surface area (Å²) in [7, 11) is 0. The van der Waals surface area contributed by atoms with Crippen molar-refractivity contribution in [1.29, 1.82) is 0 Å². The molecule has 49 nitrogen and oxygen atoms in total. The summed E-state index contributed by atoms with van der Waals surface area (Å²) in [4.78, 5) is 91.0. The van der Waals surface area contributed by atoms with Gasteiger partial charge in [0.25, 0.3) is 17.4 Å². The summed E-state index contributed by atoms with van der Waals surface area (Å²) in [5.41, 5.74) is 0. The minimum Gasteiger partial charge on any atom is -0.477 e. The van der Waals surface area contributed by atoms with E-state index in [2.05, 4.69) is 21.3 Å². The maximum Gasteiger partial charge on any atom is 0.364 e. The number of carbonyl (C=O) groups excluding carboxylic acids is 4. The Balaban J connectivity index is 1.17. The Hall–Kier alpha value is -5.11. The van der Waals surface area contributed by atoms with Crippen LogP contribution in [0.25, 0.3) is 0 Å². The highest BCUT2D eigenvalue weighted by molar-refractivity contribution is 5.78. The number of aliphatic hydroxyl groups is 22. The molecule has 29 N–H and O–H groups in total. The number of aliphatic carboxylic acids is 3. The number of amides is 4. The third kappa shape index (κ3) is 19.4. The Morgan fingerprint density at radius 3 is 1.09 bits per heavy atom. The molecule has 7 fully saturated rings. The molecule has 0 saturated carbocycles. The van der Waals surface area contributed by atoms with Gasteiger partial charge in [0.05, 0.1) is 82.7 Å². The Morgan fingerprint density at radius 1 is 0.380 bits per heavy atom. The second kappa shape index (κ2) is 37.7. The van der Waals surface area contributed by atoms with Gasteiger partial charge in [-0.1, -0.05) is 0 Å². The number of hydrogen-bond donors (Lipinski definition) is 29. The van der Waals surface area contributed by atoms with Gasteiger partial charge in [-0.2, -0.15) is 0 Å². The summed E-state index contributed by atoms with van der Waals surface area (Å²) in [6, 6.07) is -7.99. The predicted octanol–water partition coefficient (Wildman–Crippen LogP) is -18.1. The summed E-state index contributed by atoms with van der Waals surface area (Å²) in [6.07, 6.45) is -74.5. The Kier molecular flexibility index (Phi) is 31.4. The SMILES string of the molecule is CC(=O)N[C@H]1[C@H](O[C@H]2[C@@H](O)[C@@H](CO)O[C@@H](O[C@H]3[C@H](O)[C@@H](O)[C@H](O)O[C@@H]3CO)[C@@H]2O)O[C@H](CO)[C@@H](O[C@@H]2O[C@H](CO)[C@H](O)[C@H](O[C@]3(C(=O)O)C[C@H](O)[C@@H](NC(C)=O)[C@H]([C@H](O)[C@@H](CO)O[C@]4(C(=O)O)C[C@H](O)[C@@H](NC(C)=O)[C@H]([C@H](O)[C@@H](CO)O[C@]5(C(=O)O)C[C@H](O)[C@@H](NC(C)=O)[C@H]([C@H](O)[C@H](O)CO)O5)O4)O3)[C@H]2O)[C@@H]1O. The first-order chi connectivity index (χ1) is 50.6.